The number of carbonyl (C=O) groups is 1. The lowest BCUT2D eigenvalue weighted by atomic mass is 9.95. The van der Waals surface area contributed by atoms with Crippen molar-refractivity contribution < 1.29 is 19.2 Å². The number of methoxy groups -OCH3 is 1. The molecule has 11 heteroatoms. The molecule has 0 saturated heterocycles. The first kappa shape index (κ1) is 25.8. The number of fused-ring (bicyclic) bond motifs is 1. The van der Waals surface area contributed by atoms with Crippen molar-refractivity contribution in [1.29, 1.82) is 0 Å². The van der Waals surface area contributed by atoms with E-state index < -0.39 is 16.9 Å². The highest BCUT2D eigenvalue weighted by Gasteiger charge is 2.33. The van der Waals surface area contributed by atoms with E-state index in [1.165, 1.54) is 17.7 Å². The molecule has 0 N–H and O–H groups in total. The third-order valence-corrected chi connectivity index (χ3v) is 7.44. The van der Waals surface area contributed by atoms with E-state index >= 15 is 0 Å². The van der Waals surface area contributed by atoms with E-state index in [1.807, 2.05) is 53.8 Å². The van der Waals surface area contributed by atoms with E-state index in [0.29, 0.717) is 29.7 Å². The minimum atomic E-state index is -0.714. The topological polar surface area (TPSA) is 113 Å². The van der Waals surface area contributed by atoms with Crippen LogP contribution in [0.4, 0.5) is 5.69 Å². The van der Waals surface area contributed by atoms with Crippen molar-refractivity contribution in [2.75, 3.05) is 13.7 Å². The second-order valence-corrected chi connectivity index (χ2v) is 10.2. The summed E-state index contributed by atoms with van der Waals surface area (Å²) in [5.74, 6) is -0.368. The Labute approximate surface area is 223 Å². The zero-order valence-corrected chi connectivity index (χ0v) is 22.9. The number of esters is 1. The van der Waals surface area contributed by atoms with E-state index in [2.05, 4.69) is 4.99 Å². The summed E-state index contributed by atoms with van der Waals surface area (Å²) in [6, 6.07) is 9.95. The second kappa shape index (κ2) is 10.3. The molecule has 0 unspecified atom stereocenters. The fraction of sp³-hybridized carbons (Fsp3) is 0.240. The van der Waals surface area contributed by atoms with Crippen LogP contribution in [0.5, 0.6) is 5.75 Å². The molecule has 4 rings (SSSR count). The monoisotopic (exact) mass is 619 g/mol. The Bertz CT molecular complexity index is 1590. The average Bonchev–Trinajstić information content (AvgIpc) is 3.12. The number of carbonyl (C=O) groups excluding carboxylic acids is 1. The Morgan fingerprint density at radius 1 is 1.28 bits per heavy atom. The van der Waals surface area contributed by atoms with Gasteiger partial charge in [-0.3, -0.25) is 19.5 Å². The lowest BCUT2D eigenvalue weighted by Gasteiger charge is -2.24. The number of thiazole rings is 1. The van der Waals surface area contributed by atoms with Crippen molar-refractivity contribution in [1.82, 2.24) is 4.57 Å². The summed E-state index contributed by atoms with van der Waals surface area (Å²) in [6.07, 6.45) is 1.59. The van der Waals surface area contributed by atoms with Gasteiger partial charge in [0.1, 0.15) is 0 Å². The van der Waals surface area contributed by atoms with Crippen LogP contribution in [0.2, 0.25) is 0 Å². The number of ether oxygens (including phenoxy) is 2. The smallest absolute Gasteiger partial charge is 0.338 e. The SMILES string of the molecule is CCOC(=O)C1=C(C)N=c2s/c(=C/c3cc(I)c(OC)c([N+](=O)[O-])c3)c(=O)n2[C@@H]1c1ccc(C)cc1. The summed E-state index contributed by atoms with van der Waals surface area (Å²) < 4.78 is 12.8. The molecule has 3 aromatic rings. The molecule has 1 aliphatic heterocycles. The Morgan fingerprint density at radius 2 is 1.97 bits per heavy atom. The number of hydrogen-bond acceptors (Lipinski definition) is 8. The normalized spacial score (nSPS) is 15.4. The number of hydrogen-bond donors (Lipinski definition) is 0. The molecular weight excluding hydrogens is 597 g/mol. The van der Waals surface area contributed by atoms with Crippen molar-refractivity contribution in [2.24, 2.45) is 4.99 Å². The highest BCUT2D eigenvalue weighted by Crippen LogP contribution is 2.34. The number of aromatic nitrogens is 1. The van der Waals surface area contributed by atoms with E-state index in [1.54, 1.807) is 26.0 Å². The largest absolute Gasteiger partial charge is 0.489 e. The lowest BCUT2D eigenvalue weighted by molar-refractivity contribution is -0.385. The van der Waals surface area contributed by atoms with E-state index in [-0.39, 0.29) is 23.6 Å². The first-order valence-corrected chi connectivity index (χ1v) is 12.8. The molecular formula is C25H22IN3O6S. The molecule has 2 aromatic carbocycles. The summed E-state index contributed by atoms with van der Waals surface area (Å²) in [5, 5.41) is 11.6. The van der Waals surface area contributed by atoms with Crippen LogP contribution in [0, 0.1) is 20.6 Å². The molecule has 1 aliphatic rings. The van der Waals surface area contributed by atoms with Crippen LogP contribution in [0.1, 0.15) is 36.6 Å². The van der Waals surface area contributed by atoms with Crippen molar-refractivity contribution >= 4 is 51.7 Å². The predicted octanol–water partition coefficient (Wildman–Crippen LogP) is 3.63. The van der Waals surface area contributed by atoms with Gasteiger partial charge in [0, 0.05) is 6.07 Å². The average molecular weight is 619 g/mol. The molecule has 36 heavy (non-hydrogen) atoms. The van der Waals surface area contributed by atoms with Gasteiger partial charge >= 0.3 is 11.7 Å². The Hall–Kier alpha value is -3.32. The Morgan fingerprint density at radius 3 is 2.58 bits per heavy atom. The minimum Gasteiger partial charge on any atom is -0.489 e. The number of nitro groups is 1. The van der Waals surface area contributed by atoms with Crippen LogP contribution in [-0.4, -0.2) is 29.2 Å². The zero-order chi connectivity index (χ0) is 26.1. The summed E-state index contributed by atoms with van der Waals surface area (Å²) in [6.45, 7) is 5.59. The summed E-state index contributed by atoms with van der Waals surface area (Å²) >= 11 is 3.12. The maximum atomic E-state index is 13.7. The highest BCUT2D eigenvalue weighted by atomic mass is 127. The standard InChI is InChI=1S/C25H22IN3O6S/c1-5-35-24(31)20-14(3)27-25-28(21(20)16-8-6-13(2)7-9-16)23(30)19(36-25)12-15-10-17(26)22(34-4)18(11-15)29(32)33/h6-12,21H,5H2,1-4H3/b19-12+/t21-/m1/s1. The van der Waals surface area contributed by atoms with Crippen molar-refractivity contribution in [3.63, 3.8) is 0 Å². The molecule has 0 amide bonds. The van der Waals surface area contributed by atoms with E-state index in [4.69, 9.17) is 9.47 Å². The maximum Gasteiger partial charge on any atom is 0.338 e. The van der Waals surface area contributed by atoms with Crippen LogP contribution in [0.25, 0.3) is 6.08 Å². The van der Waals surface area contributed by atoms with Gasteiger partial charge in [0.25, 0.3) is 5.56 Å². The van der Waals surface area contributed by atoms with Crippen LogP contribution >= 0.6 is 33.9 Å². The van der Waals surface area contributed by atoms with Gasteiger partial charge in [0.05, 0.1) is 44.1 Å². The van der Waals surface area contributed by atoms with Gasteiger partial charge < -0.3 is 9.47 Å². The van der Waals surface area contributed by atoms with Gasteiger partial charge in [-0.15, -0.1) is 0 Å². The van der Waals surface area contributed by atoms with Gasteiger partial charge in [-0.1, -0.05) is 41.2 Å². The molecule has 1 atom stereocenters. The third kappa shape index (κ3) is 4.72. The molecule has 186 valence electrons. The first-order chi connectivity index (χ1) is 17.2. The molecule has 0 aliphatic carbocycles. The van der Waals surface area contributed by atoms with Crippen molar-refractivity contribution in [3.8, 4) is 5.75 Å². The zero-order valence-electron chi connectivity index (χ0n) is 19.9. The van der Waals surface area contributed by atoms with Crippen LogP contribution in [0.15, 0.2) is 57.5 Å². The summed E-state index contributed by atoms with van der Waals surface area (Å²) in [7, 11) is 1.37. The first-order valence-electron chi connectivity index (χ1n) is 10.9. The number of benzene rings is 2. The number of halogens is 1. The number of nitro benzene ring substituents is 1. The predicted molar refractivity (Wildman–Crippen MR) is 144 cm³/mol. The molecule has 0 radical (unpaired) electrons. The molecule has 9 nitrogen and oxygen atoms in total. The molecule has 0 bridgehead atoms. The molecule has 1 aromatic heterocycles. The summed E-state index contributed by atoms with van der Waals surface area (Å²) in [4.78, 5) is 42.6. The number of aryl methyl sites for hydroxylation is 1. The van der Waals surface area contributed by atoms with Crippen molar-refractivity contribution in [2.45, 2.75) is 26.8 Å². The summed E-state index contributed by atoms with van der Waals surface area (Å²) in [5.41, 5.74) is 2.50. The Kier molecular flexibility index (Phi) is 7.41. The second-order valence-electron chi connectivity index (χ2n) is 8.03. The van der Waals surface area contributed by atoms with Gasteiger partial charge in [0.2, 0.25) is 5.75 Å². The van der Waals surface area contributed by atoms with Gasteiger partial charge in [-0.05, 0) is 66.6 Å². The van der Waals surface area contributed by atoms with E-state index in [9.17, 15) is 19.7 Å². The molecule has 0 fully saturated rings. The van der Waals surface area contributed by atoms with Gasteiger partial charge in [0.15, 0.2) is 4.80 Å². The van der Waals surface area contributed by atoms with Gasteiger partial charge in [-0.25, -0.2) is 9.79 Å². The lowest BCUT2D eigenvalue weighted by Crippen LogP contribution is -2.39. The van der Waals surface area contributed by atoms with Crippen LogP contribution < -0.4 is 19.6 Å². The quantitative estimate of drug-likeness (QED) is 0.180. The molecule has 0 spiro atoms. The van der Waals surface area contributed by atoms with Crippen LogP contribution in [0.3, 0.4) is 0 Å². The third-order valence-electron chi connectivity index (χ3n) is 5.66. The maximum absolute atomic E-state index is 13.7. The Balaban J connectivity index is 1.95. The fourth-order valence-electron chi connectivity index (χ4n) is 4.03. The van der Waals surface area contributed by atoms with Crippen LogP contribution in [-0.2, 0) is 9.53 Å². The van der Waals surface area contributed by atoms with Crippen molar-refractivity contribution in [3.05, 3.63) is 97.7 Å². The molecule has 2 heterocycles. The van der Waals surface area contributed by atoms with Gasteiger partial charge in [-0.2, -0.15) is 0 Å². The number of allylic oxidation sites excluding steroid dienone is 1. The minimum absolute atomic E-state index is 0.160. The fourth-order valence-corrected chi connectivity index (χ4v) is 5.93. The number of rotatable bonds is 6. The van der Waals surface area contributed by atoms with E-state index in [0.717, 1.165) is 22.5 Å². The number of nitrogens with zero attached hydrogens (tertiary/aromatic N) is 3. The molecule has 0 saturated carbocycles. The highest BCUT2D eigenvalue weighted by molar-refractivity contribution is 14.1.